The minimum Gasteiger partial charge on any atom is -0.362 e. The largest absolute Gasteiger partial charge is 0.362 e. The summed E-state index contributed by atoms with van der Waals surface area (Å²) < 4.78 is 2.27. The van der Waals surface area contributed by atoms with Crippen LogP contribution < -0.4 is 10.5 Å². The molecule has 2 aromatic heterocycles. The number of amides is 1. The van der Waals surface area contributed by atoms with E-state index in [1.807, 2.05) is 69.8 Å². The Morgan fingerprint density at radius 1 is 1.03 bits per heavy atom. The highest BCUT2D eigenvalue weighted by Crippen LogP contribution is 2.36. The van der Waals surface area contributed by atoms with Gasteiger partial charge in [-0.15, -0.1) is 11.3 Å². The van der Waals surface area contributed by atoms with Gasteiger partial charge in [0.15, 0.2) is 7.05 Å². The zero-order valence-corrected chi connectivity index (χ0v) is 20.8. The number of halogens is 1. The molecule has 1 fully saturated rings. The van der Waals surface area contributed by atoms with Gasteiger partial charge in [-0.3, -0.25) is 14.2 Å². The summed E-state index contributed by atoms with van der Waals surface area (Å²) in [5, 5.41) is 3.15. The predicted molar refractivity (Wildman–Crippen MR) is 140 cm³/mol. The van der Waals surface area contributed by atoms with Crippen molar-refractivity contribution in [2.45, 2.75) is 6.54 Å². The van der Waals surface area contributed by atoms with Gasteiger partial charge in [0, 0.05) is 46.3 Å². The molecule has 5 rings (SSSR count). The van der Waals surface area contributed by atoms with Gasteiger partial charge in [0.2, 0.25) is 0 Å². The summed E-state index contributed by atoms with van der Waals surface area (Å²) in [6.07, 6.45) is 0. The molecule has 3 heterocycles. The topological polar surface area (TPSA) is 65.6 Å². The fourth-order valence-electron chi connectivity index (χ4n) is 4.62. The Kier molecular flexibility index (Phi) is 6.40. The van der Waals surface area contributed by atoms with E-state index in [0.717, 1.165) is 10.9 Å². The smallest absolute Gasteiger partial charge is 0.344 e. The van der Waals surface area contributed by atoms with E-state index in [-0.39, 0.29) is 17.2 Å². The molecule has 0 atom stereocenters. The zero-order valence-electron chi connectivity index (χ0n) is 19.2. The number of piperazine rings is 1. The van der Waals surface area contributed by atoms with Crippen molar-refractivity contribution in [3.63, 3.8) is 0 Å². The Morgan fingerprint density at radius 2 is 1.77 bits per heavy atom. The monoisotopic (exact) mass is 507 g/mol. The Hall–Kier alpha value is -3.49. The van der Waals surface area contributed by atoms with E-state index in [9.17, 15) is 14.5 Å². The number of aromatic nitrogens is 1. The first-order valence-electron chi connectivity index (χ1n) is 11.3. The van der Waals surface area contributed by atoms with Gasteiger partial charge in [-0.05, 0) is 35.2 Å². The molecule has 0 radical (unpaired) electrons. The number of fused-ring (bicyclic) bond motifs is 1. The van der Waals surface area contributed by atoms with Crippen LogP contribution in [0.15, 0.2) is 70.8 Å². The molecule has 1 saturated heterocycles. The molecule has 1 amide bonds. The number of anilines is 1. The van der Waals surface area contributed by atoms with Gasteiger partial charge in [0.1, 0.15) is 5.69 Å². The highest BCUT2D eigenvalue weighted by atomic mass is 35.5. The number of carbonyl (C=O) groups excluding carboxylic acids is 1. The second-order valence-corrected chi connectivity index (χ2v) is 9.87. The van der Waals surface area contributed by atoms with Crippen LogP contribution in [0.3, 0.4) is 0 Å². The zero-order chi connectivity index (χ0) is 24.5. The normalized spacial score (nSPS) is 13.9. The number of nitrogens with zero attached hydrogens (tertiary/aromatic N) is 4. The second kappa shape index (κ2) is 9.64. The van der Waals surface area contributed by atoms with Crippen LogP contribution in [-0.2, 0) is 6.54 Å². The van der Waals surface area contributed by atoms with Gasteiger partial charge in [0.05, 0.1) is 16.9 Å². The lowest BCUT2D eigenvalue weighted by Gasteiger charge is -2.36. The summed E-state index contributed by atoms with van der Waals surface area (Å²) in [5.74, 6) is 0.00648. The lowest BCUT2D eigenvalue weighted by atomic mass is 10.1. The molecule has 2 aromatic carbocycles. The van der Waals surface area contributed by atoms with Crippen molar-refractivity contribution in [1.82, 2.24) is 9.47 Å². The van der Waals surface area contributed by atoms with Gasteiger partial charge in [-0.2, -0.15) is 0 Å². The van der Waals surface area contributed by atoms with Crippen molar-refractivity contribution in [1.29, 1.82) is 0 Å². The SMILES string of the molecule is C[N+](=O)c1c(N2CCN(C(=O)c3cccs3)CC2)c2cc(Cl)ccc2n(Cc2ccccc2)c1=O. The number of benzene rings is 2. The number of pyridine rings is 1. The maximum absolute atomic E-state index is 13.7. The summed E-state index contributed by atoms with van der Waals surface area (Å²) >= 11 is 7.81. The molecule has 7 nitrogen and oxygen atoms in total. The van der Waals surface area contributed by atoms with Gasteiger partial charge in [-0.1, -0.05) is 48.0 Å². The maximum Gasteiger partial charge on any atom is 0.344 e. The lowest BCUT2D eigenvalue weighted by molar-refractivity contribution is -0.428. The van der Waals surface area contributed by atoms with Crippen molar-refractivity contribution >= 4 is 51.1 Å². The third kappa shape index (κ3) is 4.47. The molecular weight excluding hydrogens is 484 g/mol. The first kappa shape index (κ1) is 23.3. The van der Waals surface area contributed by atoms with Crippen LogP contribution in [0.1, 0.15) is 15.2 Å². The minimum absolute atomic E-state index is 0.00648. The Bertz CT molecular complexity index is 1460. The van der Waals surface area contributed by atoms with Crippen molar-refractivity contribution in [2.75, 3.05) is 38.1 Å². The third-order valence-corrected chi connectivity index (χ3v) is 7.38. The lowest BCUT2D eigenvalue weighted by Crippen LogP contribution is -2.49. The van der Waals surface area contributed by atoms with E-state index in [0.29, 0.717) is 58.6 Å². The second-order valence-electron chi connectivity index (χ2n) is 8.49. The van der Waals surface area contributed by atoms with E-state index in [1.54, 1.807) is 10.6 Å². The molecule has 0 bridgehead atoms. The molecule has 1 aliphatic heterocycles. The van der Waals surface area contributed by atoms with Gasteiger partial charge >= 0.3 is 11.2 Å². The first-order valence-corrected chi connectivity index (χ1v) is 12.6. The molecule has 0 N–H and O–H groups in total. The van der Waals surface area contributed by atoms with Gasteiger partial charge < -0.3 is 9.80 Å². The van der Waals surface area contributed by atoms with E-state index in [1.165, 1.54) is 18.4 Å². The van der Waals surface area contributed by atoms with E-state index < -0.39 is 0 Å². The van der Waals surface area contributed by atoms with Crippen LogP contribution in [0, 0.1) is 4.91 Å². The first-order chi connectivity index (χ1) is 16.9. The van der Waals surface area contributed by atoms with Crippen LogP contribution >= 0.6 is 22.9 Å². The van der Waals surface area contributed by atoms with E-state index >= 15 is 0 Å². The molecule has 0 saturated carbocycles. The summed E-state index contributed by atoms with van der Waals surface area (Å²) in [5.41, 5.74) is 1.96. The van der Waals surface area contributed by atoms with Crippen LogP contribution in [-0.4, -0.2) is 53.4 Å². The Balaban J connectivity index is 1.58. The van der Waals surface area contributed by atoms with Gasteiger partial charge in [0.25, 0.3) is 5.91 Å². The highest BCUT2D eigenvalue weighted by molar-refractivity contribution is 7.12. The average molecular weight is 508 g/mol. The third-order valence-electron chi connectivity index (χ3n) is 6.29. The molecule has 178 valence electrons. The molecular formula is C26H24ClN4O3S+. The number of carbonyl (C=O) groups is 1. The quantitative estimate of drug-likeness (QED) is 0.365. The highest BCUT2D eigenvalue weighted by Gasteiger charge is 2.32. The molecule has 0 aliphatic carbocycles. The van der Waals surface area contributed by atoms with Gasteiger partial charge in [-0.25, -0.2) is 0 Å². The maximum atomic E-state index is 13.7. The van der Waals surface area contributed by atoms with E-state index in [2.05, 4.69) is 0 Å². The standard InChI is InChI=1S/C26H24ClN4O3S/c1-28(34)24-23(29-11-13-30(14-12-29)25(32)22-8-5-15-35-22)20-16-19(27)9-10-21(20)31(26(24)33)17-18-6-3-2-4-7-18/h2-10,15-16H,11-14,17H2,1H3/q+1. The van der Waals surface area contributed by atoms with E-state index in [4.69, 9.17) is 11.6 Å². The fourth-order valence-corrected chi connectivity index (χ4v) is 5.48. The predicted octanol–water partition coefficient (Wildman–Crippen LogP) is 4.77. The summed E-state index contributed by atoms with van der Waals surface area (Å²) in [6, 6.07) is 18.8. The number of rotatable bonds is 5. The summed E-state index contributed by atoms with van der Waals surface area (Å²) in [4.78, 5) is 43.8. The van der Waals surface area contributed by atoms with Crippen molar-refractivity contribution in [3.05, 3.63) is 96.8 Å². The van der Waals surface area contributed by atoms with Crippen LogP contribution in [0.2, 0.25) is 5.02 Å². The molecule has 4 aromatic rings. The number of thiophene rings is 1. The molecule has 0 unspecified atom stereocenters. The Morgan fingerprint density at radius 3 is 2.43 bits per heavy atom. The number of nitroso groups, excluding NO2 is 1. The molecule has 1 aliphatic rings. The minimum atomic E-state index is -0.353. The number of hydrogen-bond acceptors (Lipinski definition) is 5. The van der Waals surface area contributed by atoms with Crippen molar-refractivity contribution < 1.29 is 9.55 Å². The molecule has 9 heteroatoms. The molecule has 0 spiro atoms. The van der Waals surface area contributed by atoms with Crippen molar-refractivity contribution in [3.8, 4) is 0 Å². The number of hydrogen-bond donors (Lipinski definition) is 0. The average Bonchev–Trinajstić information content (AvgIpc) is 3.40. The Labute approximate surface area is 211 Å². The van der Waals surface area contributed by atoms with Crippen LogP contribution in [0.25, 0.3) is 10.9 Å². The summed E-state index contributed by atoms with van der Waals surface area (Å²) in [6.45, 7) is 2.33. The van der Waals surface area contributed by atoms with Crippen LogP contribution in [0.4, 0.5) is 11.4 Å². The fraction of sp³-hybridized carbons (Fsp3) is 0.231. The van der Waals surface area contributed by atoms with Crippen molar-refractivity contribution in [2.24, 2.45) is 0 Å². The van der Waals surface area contributed by atoms with Crippen LogP contribution in [0.5, 0.6) is 0 Å². The molecule has 35 heavy (non-hydrogen) atoms. The summed E-state index contributed by atoms with van der Waals surface area (Å²) in [7, 11) is 1.35.